The Labute approximate surface area is 413 Å². The van der Waals surface area contributed by atoms with E-state index in [4.69, 9.17) is 0 Å². The summed E-state index contributed by atoms with van der Waals surface area (Å²) in [6, 6.07) is 48.6. The summed E-state index contributed by atoms with van der Waals surface area (Å²) in [4.78, 5) is 8.10. The Kier molecular flexibility index (Phi) is 11.2. The summed E-state index contributed by atoms with van der Waals surface area (Å²) in [6.45, 7) is 21.4. The summed E-state index contributed by atoms with van der Waals surface area (Å²) in [5.41, 5.74) is 19.3. The first kappa shape index (κ1) is 45.0. The third kappa shape index (κ3) is 7.76. The van der Waals surface area contributed by atoms with Gasteiger partial charge in [0.15, 0.2) is 0 Å². The van der Waals surface area contributed by atoms with E-state index in [0.29, 0.717) is 11.8 Å². The smallest absolute Gasteiger partial charge is 0.226 e. The van der Waals surface area contributed by atoms with Crippen LogP contribution >= 0.6 is 0 Å². The van der Waals surface area contributed by atoms with Gasteiger partial charge in [0.25, 0.3) is 0 Å². The van der Waals surface area contributed by atoms with Crippen LogP contribution in [-0.4, -0.2) is 12.3 Å². The SMILES string of the molecule is CC1C=C(c2ccccc2N2c3ccccc3B3c4ccccc4N(C4=CC=C[C@@H](C)C4c4ccccc4)C4=CC(N(C5=CC=C(C(C)(C)C)CC5)c5ccc(C(C)(C)C)cc5)=CC2(C)C34)C=CC1. The fourth-order valence-corrected chi connectivity index (χ4v) is 12.6. The minimum absolute atomic E-state index is 0.0360. The number of hydrogen-bond acceptors (Lipinski definition) is 3. The van der Waals surface area contributed by atoms with Crippen molar-refractivity contribution < 1.29 is 0 Å². The Bertz CT molecular complexity index is 3070. The molecule has 0 amide bonds. The maximum atomic E-state index is 2.76. The van der Waals surface area contributed by atoms with Gasteiger partial charge in [0, 0.05) is 62.8 Å². The highest BCUT2D eigenvalue weighted by Crippen LogP contribution is 2.58. The van der Waals surface area contributed by atoms with Crippen LogP contribution in [0.5, 0.6) is 0 Å². The Hall–Kier alpha value is -6.52. The summed E-state index contributed by atoms with van der Waals surface area (Å²) >= 11 is 0. The fraction of sp³-hybridized carbons (Fsp3) is 0.292. The van der Waals surface area contributed by atoms with E-state index in [1.807, 2.05) is 0 Å². The summed E-state index contributed by atoms with van der Waals surface area (Å²) in [5, 5.41) is 0. The van der Waals surface area contributed by atoms with Crippen LogP contribution in [0.3, 0.4) is 0 Å². The second-order valence-electron chi connectivity index (χ2n) is 22.8. The van der Waals surface area contributed by atoms with E-state index in [1.54, 1.807) is 0 Å². The summed E-state index contributed by atoms with van der Waals surface area (Å²) in [5.74, 6) is 0.973. The first-order valence-corrected chi connectivity index (χ1v) is 25.7. The van der Waals surface area contributed by atoms with Crippen molar-refractivity contribution in [1.29, 1.82) is 0 Å². The van der Waals surface area contributed by atoms with Gasteiger partial charge in [-0.15, -0.1) is 0 Å². The zero-order valence-electron chi connectivity index (χ0n) is 42.2. The number of benzene rings is 5. The predicted molar refractivity (Wildman–Crippen MR) is 296 cm³/mol. The molecule has 0 spiro atoms. The molecule has 5 atom stereocenters. The van der Waals surface area contributed by atoms with Crippen LogP contribution in [0.25, 0.3) is 5.57 Å². The minimum Gasteiger partial charge on any atom is -0.332 e. The molecule has 4 unspecified atom stereocenters. The first-order valence-electron chi connectivity index (χ1n) is 25.7. The molecule has 0 N–H and O–H groups in total. The second kappa shape index (κ2) is 17.2. The molecule has 0 radical (unpaired) electrons. The molecular formula is C65H68BN3. The molecule has 2 aliphatic heterocycles. The first-order chi connectivity index (χ1) is 33.2. The normalized spacial score (nSPS) is 23.9. The summed E-state index contributed by atoms with van der Waals surface area (Å²) in [6.07, 6.45) is 27.5. The molecule has 346 valence electrons. The highest BCUT2D eigenvalue weighted by molar-refractivity contribution is 6.90. The predicted octanol–water partition coefficient (Wildman–Crippen LogP) is 15.5. The van der Waals surface area contributed by atoms with Crippen LogP contribution in [0.1, 0.15) is 104 Å². The van der Waals surface area contributed by atoms with Crippen LogP contribution in [0.4, 0.5) is 22.7 Å². The Morgan fingerprint density at radius 2 is 1.33 bits per heavy atom. The number of anilines is 4. The maximum absolute atomic E-state index is 2.76. The van der Waals surface area contributed by atoms with Crippen molar-refractivity contribution in [3.05, 3.63) is 233 Å². The Balaban J connectivity index is 1.23. The lowest BCUT2D eigenvalue weighted by Gasteiger charge is -2.60. The average molecular weight is 902 g/mol. The van der Waals surface area contributed by atoms with Crippen LogP contribution < -0.4 is 25.6 Å². The minimum atomic E-state index is -0.547. The number of rotatable bonds is 7. The van der Waals surface area contributed by atoms with Crippen LogP contribution in [0, 0.1) is 17.3 Å². The van der Waals surface area contributed by atoms with Crippen molar-refractivity contribution >= 4 is 46.0 Å². The molecule has 5 aromatic rings. The fourth-order valence-electron chi connectivity index (χ4n) is 12.6. The molecule has 0 fully saturated rings. The van der Waals surface area contributed by atoms with E-state index in [2.05, 4.69) is 265 Å². The lowest BCUT2D eigenvalue weighted by atomic mass is 9.26. The number of hydrogen-bond donors (Lipinski definition) is 0. The van der Waals surface area contributed by atoms with Gasteiger partial charge in [0.05, 0.1) is 5.54 Å². The molecule has 0 saturated carbocycles. The summed E-state index contributed by atoms with van der Waals surface area (Å²) < 4.78 is 0. The largest absolute Gasteiger partial charge is 0.332 e. The highest BCUT2D eigenvalue weighted by Gasteiger charge is 2.59. The molecule has 69 heavy (non-hydrogen) atoms. The second-order valence-corrected chi connectivity index (χ2v) is 22.8. The third-order valence-corrected chi connectivity index (χ3v) is 16.1. The monoisotopic (exact) mass is 902 g/mol. The van der Waals surface area contributed by atoms with E-state index in [0.717, 1.165) is 19.3 Å². The quantitative estimate of drug-likeness (QED) is 0.151. The maximum Gasteiger partial charge on any atom is 0.226 e. The topological polar surface area (TPSA) is 9.72 Å². The van der Waals surface area contributed by atoms with Gasteiger partial charge >= 0.3 is 0 Å². The van der Waals surface area contributed by atoms with Gasteiger partial charge < -0.3 is 14.7 Å². The molecule has 3 nitrogen and oxygen atoms in total. The number of para-hydroxylation sites is 3. The Morgan fingerprint density at radius 1 is 0.667 bits per heavy atom. The van der Waals surface area contributed by atoms with Gasteiger partial charge in [-0.1, -0.05) is 200 Å². The Morgan fingerprint density at radius 3 is 2.01 bits per heavy atom. The van der Waals surface area contributed by atoms with Gasteiger partial charge in [-0.25, -0.2) is 0 Å². The van der Waals surface area contributed by atoms with E-state index < -0.39 is 5.54 Å². The van der Waals surface area contributed by atoms with Gasteiger partial charge in [-0.2, -0.15) is 0 Å². The highest BCUT2D eigenvalue weighted by atomic mass is 15.3. The van der Waals surface area contributed by atoms with Crippen molar-refractivity contribution in [1.82, 2.24) is 0 Å². The van der Waals surface area contributed by atoms with E-state index in [9.17, 15) is 0 Å². The van der Waals surface area contributed by atoms with E-state index >= 15 is 0 Å². The average Bonchev–Trinajstić information content (AvgIpc) is 3.34. The van der Waals surface area contributed by atoms with Crippen molar-refractivity contribution in [2.75, 3.05) is 14.7 Å². The van der Waals surface area contributed by atoms with Gasteiger partial charge in [0.2, 0.25) is 6.71 Å². The molecule has 2 heterocycles. The molecule has 4 aliphatic carbocycles. The number of nitrogens with zero attached hydrogens (tertiary/aromatic N) is 3. The van der Waals surface area contributed by atoms with Gasteiger partial charge in [-0.3, -0.25) is 0 Å². The molecule has 0 bridgehead atoms. The van der Waals surface area contributed by atoms with Crippen LogP contribution in [0.15, 0.2) is 217 Å². The molecule has 0 saturated heterocycles. The zero-order chi connectivity index (χ0) is 47.8. The lowest BCUT2D eigenvalue weighted by Crippen LogP contribution is -2.68. The molecule has 5 aromatic carbocycles. The third-order valence-electron chi connectivity index (χ3n) is 16.1. The molecule has 11 rings (SSSR count). The van der Waals surface area contributed by atoms with Crippen molar-refractivity contribution in [2.24, 2.45) is 17.3 Å². The van der Waals surface area contributed by atoms with Crippen molar-refractivity contribution in [2.45, 2.75) is 104 Å². The van der Waals surface area contributed by atoms with Crippen molar-refractivity contribution in [3.8, 4) is 0 Å². The number of fused-ring (bicyclic) bond motifs is 4. The molecular weight excluding hydrogens is 834 g/mol. The molecule has 6 aliphatic rings. The molecule has 0 aromatic heterocycles. The molecule has 4 heteroatoms. The van der Waals surface area contributed by atoms with Gasteiger partial charge in [-0.05, 0) is 126 Å². The van der Waals surface area contributed by atoms with E-state index in [-0.39, 0.29) is 29.3 Å². The standard InChI is InChI=1S/C65H68BN3/c1-44-21-19-25-47(41-44)53-26-13-16-29-56(53)69-58-31-18-15-28-55(58)66-54-27-14-17-30-57(54)68(59-32-20-22-45(2)61(59)46-23-11-10-12-24-46)60-42-52(43-65(69,9)62(60)66)67(50-37-33-48(34-38-50)63(3,4)5)51-39-35-49(36-40-51)64(6,7)8/h10-20,22-35,37-39,41-45,61-62H,21,36,40H2,1-9H3/t44?,45-,61?,62?,65?/m1/s1. The summed E-state index contributed by atoms with van der Waals surface area (Å²) in [7, 11) is 0. The zero-order valence-corrected chi connectivity index (χ0v) is 42.2. The number of allylic oxidation sites excluding steroid dienone is 13. The van der Waals surface area contributed by atoms with E-state index in [1.165, 1.54) is 84.3 Å². The lowest BCUT2D eigenvalue weighted by molar-refractivity contribution is 0.478. The van der Waals surface area contributed by atoms with Gasteiger partial charge in [0.1, 0.15) is 0 Å². The van der Waals surface area contributed by atoms with Crippen molar-refractivity contribution in [3.63, 3.8) is 0 Å². The van der Waals surface area contributed by atoms with Crippen LogP contribution in [-0.2, 0) is 5.41 Å². The van der Waals surface area contributed by atoms with Crippen LogP contribution in [0.2, 0.25) is 5.82 Å².